The fraction of sp³-hybridized carbons (Fsp3) is 0.895. The van der Waals surface area contributed by atoms with Crippen LogP contribution in [0.1, 0.15) is 65.2 Å². The molecule has 2 rings (SSSR count). The standard InChI is InChI=1S/C19H28F6/c1-13-5-3-7-15(11-9-13)17(18(20,21)22,19(23,24)25)16-8-4-6-14(2)10-12-16/h3,5,13-16H,4,6-12H2,1-2H3. The first-order chi connectivity index (χ1) is 11.5. The molecule has 0 N–H and O–H groups in total. The van der Waals surface area contributed by atoms with E-state index in [1.54, 1.807) is 6.08 Å². The van der Waals surface area contributed by atoms with Crippen LogP contribution < -0.4 is 0 Å². The lowest BCUT2D eigenvalue weighted by Gasteiger charge is -2.48. The zero-order chi connectivity index (χ0) is 18.9. The average molecular weight is 370 g/mol. The van der Waals surface area contributed by atoms with Crippen LogP contribution in [0.25, 0.3) is 0 Å². The average Bonchev–Trinajstić information content (AvgIpc) is 2.79. The summed E-state index contributed by atoms with van der Waals surface area (Å²) in [5.41, 5.74) is -3.58. The van der Waals surface area contributed by atoms with Gasteiger partial charge in [-0.1, -0.05) is 45.3 Å². The Balaban J connectivity index is 2.51. The van der Waals surface area contributed by atoms with E-state index in [9.17, 15) is 26.3 Å². The van der Waals surface area contributed by atoms with Crippen molar-refractivity contribution in [2.45, 2.75) is 77.6 Å². The molecule has 4 atom stereocenters. The first-order valence-electron chi connectivity index (χ1n) is 9.30. The van der Waals surface area contributed by atoms with Crippen molar-refractivity contribution in [3.63, 3.8) is 0 Å². The second-order valence-corrected chi connectivity index (χ2v) is 8.09. The minimum absolute atomic E-state index is 0.00988. The lowest BCUT2D eigenvalue weighted by Crippen LogP contribution is -2.59. The summed E-state index contributed by atoms with van der Waals surface area (Å²) >= 11 is 0. The van der Waals surface area contributed by atoms with Gasteiger partial charge in [0.15, 0.2) is 5.41 Å². The molecule has 1 saturated carbocycles. The normalized spacial score (nSPS) is 33.0. The van der Waals surface area contributed by atoms with Gasteiger partial charge in [-0.25, -0.2) is 0 Å². The summed E-state index contributed by atoms with van der Waals surface area (Å²) in [6.45, 7) is 3.76. The van der Waals surface area contributed by atoms with Gasteiger partial charge in [0, 0.05) is 0 Å². The first kappa shape index (κ1) is 20.6. The molecule has 4 unspecified atom stereocenters. The number of halogens is 6. The Kier molecular flexibility index (Phi) is 6.20. The summed E-state index contributed by atoms with van der Waals surface area (Å²) in [4.78, 5) is 0. The highest BCUT2D eigenvalue weighted by atomic mass is 19.4. The smallest absolute Gasteiger partial charge is 0.170 e. The summed E-state index contributed by atoms with van der Waals surface area (Å²) < 4.78 is 84.9. The van der Waals surface area contributed by atoms with Gasteiger partial charge in [0.25, 0.3) is 0 Å². The van der Waals surface area contributed by atoms with Crippen LogP contribution in [-0.2, 0) is 0 Å². The molecule has 0 saturated heterocycles. The molecule has 1 fully saturated rings. The Morgan fingerprint density at radius 2 is 1.32 bits per heavy atom. The second kappa shape index (κ2) is 7.51. The number of allylic oxidation sites excluding steroid dienone is 2. The monoisotopic (exact) mass is 370 g/mol. The van der Waals surface area contributed by atoms with Crippen molar-refractivity contribution in [1.29, 1.82) is 0 Å². The fourth-order valence-corrected chi connectivity index (χ4v) is 4.93. The predicted octanol–water partition coefficient (Wildman–Crippen LogP) is 7.31. The van der Waals surface area contributed by atoms with Crippen LogP contribution >= 0.6 is 0 Å². The van der Waals surface area contributed by atoms with Crippen LogP contribution in [-0.4, -0.2) is 12.4 Å². The highest BCUT2D eigenvalue weighted by molar-refractivity contribution is 5.07. The van der Waals surface area contributed by atoms with Gasteiger partial charge in [-0.05, 0) is 55.8 Å². The molecule has 0 aromatic heterocycles. The zero-order valence-electron chi connectivity index (χ0n) is 14.9. The van der Waals surface area contributed by atoms with E-state index >= 15 is 0 Å². The van der Waals surface area contributed by atoms with E-state index in [-0.39, 0.29) is 37.5 Å². The summed E-state index contributed by atoms with van der Waals surface area (Å²) in [6.07, 6.45) is -5.45. The maximum absolute atomic E-state index is 14.2. The Morgan fingerprint density at radius 3 is 1.92 bits per heavy atom. The van der Waals surface area contributed by atoms with Crippen molar-refractivity contribution in [3.05, 3.63) is 12.2 Å². The lowest BCUT2D eigenvalue weighted by molar-refractivity contribution is -0.378. The molecule has 0 aromatic rings. The van der Waals surface area contributed by atoms with Gasteiger partial charge in [0.1, 0.15) is 0 Å². The van der Waals surface area contributed by atoms with Gasteiger partial charge in [0.2, 0.25) is 0 Å². The molecular formula is C19H28F6. The van der Waals surface area contributed by atoms with Gasteiger partial charge in [-0.2, -0.15) is 26.3 Å². The van der Waals surface area contributed by atoms with Crippen molar-refractivity contribution in [1.82, 2.24) is 0 Å². The summed E-state index contributed by atoms with van der Waals surface area (Å²) in [5, 5.41) is 0. The molecule has 0 aliphatic heterocycles. The van der Waals surface area contributed by atoms with Crippen LogP contribution in [0.2, 0.25) is 0 Å². The van der Waals surface area contributed by atoms with Crippen LogP contribution in [0, 0.1) is 29.1 Å². The Labute approximate surface area is 146 Å². The predicted molar refractivity (Wildman–Crippen MR) is 85.9 cm³/mol. The third-order valence-electron chi connectivity index (χ3n) is 6.34. The number of hydrogen-bond acceptors (Lipinski definition) is 0. The number of hydrogen-bond donors (Lipinski definition) is 0. The van der Waals surface area contributed by atoms with Crippen LogP contribution in [0.3, 0.4) is 0 Å². The van der Waals surface area contributed by atoms with E-state index in [2.05, 4.69) is 0 Å². The van der Waals surface area contributed by atoms with Gasteiger partial charge < -0.3 is 0 Å². The third-order valence-corrected chi connectivity index (χ3v) is 6.34. The van der Waals surface area contributed by atoms with Crippen molar-refractivity contribution >= 4 is 0 Å². The SMILES string of the molecule is CC1C=CCC(C(C2CCCC(C)CC2)(C(F)(F)F)C(F)(F)F)CC1. The Morgan fingerprint density at radius 1 is 0.720 bits per heavy atom. The van der Waals surface area contributed by atoms with E-state index < -0.39 is 29.6 Å². The van der Waals surface area contributed by atoms with Crippen molar-refractivity contribution < 1.29 is 26.3 Å². The molecule has 0 bridgehead atoms. The van der Waals surface area contributed by atoms with E-state index in [0.29, 0.717) is 25.7 Å². The quantitative estimate of drug-likeness (QED) is 0.272. The Bertz CT molecular complexity index is 448. The molecule has 2 aliphatic carbocycles. The molecule has 0 radical (unpaired) electrons. The van der Waals surface area contributed by atoms with Gasteiger partial charge in [-0.3, -0.25) is 0 Å². The number of rotatable bonds is 2. The molecule has 0 spiro atoms. The molecule has 6 heteroatoms. The Hall–Kier alpha value is -0.680. The fourth-order valence-electron chi connectivity index (χ4n) is 4.93. The van der Waals surface area contributed by atoms with Crippen LogP contribution in [0.15, 0.2) is 12.2 Å². The maximum atomic E-state index is 14.2. The molecule has 0 heterocycles. The van der Waals surface area contributed by atoms with Gasteiger partial charge >= 0.3 is 12.4 Å². The second-order valence-electron chi connectivity index (χ2n) is 8.09. The molecule has 25 heavy (non-hydrogen) atoms. The van der Waals surface area contributed by atoms with Crippen molar-refractivity contribution in [2.75, 3.05) is 0 Å². The maximum Gasteiger partial charge on any atom is 0.403 e. The first-order valence-corrected chi connectivity index (χ1v) is 9.30. The summed E-state index contributed by atoms with van der Waals surface area (Å²) in [7, 11) is 0. The van der Waals surface area contributed by atoms with E-state index in [1.165, 1.54) is 6.08 Å². The molecule has 146 valence electrons. The molecule has 0 nitrogen and oxygen atoms in total. The number of alkyl halides is 6. The van der Waals surface area contributed by atoms with Crippen LogP contribution in [0.4, 0.5) is 26.3 Å². The van der Waals surface area contributed by atoms with E-state index in [0.717, 1.165) is 0 Å². The highest BCUT2D eigenvalue weighted by Gasteiger charge is 2.75. The molecule has 0 amide bonds. The zero-order valence-corrected chi connectivity index (χ0v) is 14.9. The topological polar surface area (TPSA) is 0 Å². The lowest BCUT2D eigenvalue weighted by atomic mass is 9.60. The summed E-state index contributed by atoms with van der Waals surface area (Å²) in [6, 6.07) is 0. The van der Waals surface area contributed by atoms with Crippen LogP contribution in [0.5, 0.6) is 0 Å². The minimum atomic E-state index is -5.28. The largest absolute Gasteiger partial charge is 0.403 e. The van der Waals surface area contributed by atoms with Gasteiger partial charge in [-0.15, -0.1) is 0 Å². The minimum Gasteiger partial charge on any atom is -0.170 e. The molecular weight excluding hydrogens is 342 g/mol. The highest BCUT2D eigenvalue weighted by Crippen LogP contribution is 2.64. The van der Waals surface area contributed by atoms with E-state index in [4.69, 9.17) is 0 Å². The van der Waals surface area contributed by atoms with Gasteiger partial charge in [0.05, 0.1) is 0 Å². The van der Waals surface area contributed by atoms with E-state index in [1.807, 2.05) is 13.8 Å². The summed E-state index contributed by atoms with van der Waals surface area (Å²) in [5.74, 6) is -2.58. The van der Waals surface area contributed by atoms with Crippen molar-refractivity contribution in [3.8, 4) is 0 Å². The van der Waals surface area contributed by atoms with Crippen molar-refractivity contribution in [2.24, 2.45) is 29.1 Å². The molecule has 2 aliphatic rings. The molecule has 0 aromatic carbocycles. The third kappa shape index (κ3) is 4.02.